The lowest BCUT2D eigenvalue weighted by molar-refractivity contribution is -0.120. The number of amides is 3. The lowest BCUT2D eigenvalue weighted by atomic mass is 9.87. The summed E-state index contributed by atoms with van der Waals surface area (Å²) in [5.41, 5.74) is 8.35. The van der Waals surface area contributed by atoms with Gasteiger partial charge in [0.25, 0.3) is 0 Å². The molecule has 0 radical (unpaired) electrons. The molecule has 0 saturated carbocycles. The number of anilines is 1. The summed E-state index contributed by atoms with van der Waals surface area (Å²) < 4.78 is 29.9. The van der Waals surface area contributed by atoms with E-state index in [1.165, 1.54) is 33.0 Å². The van der Waals surface area contributed by atoms with Crippen molar-refractivity contribution < 1.29 is 18.0 Å². The summed E-state index contributed by atoms with van der Waals surface area (Å²) in [5, 5.41) is 17.6. The van der Waals surface area contributed by atoms with E-state index in [1.807, 2.05) is 13.1 Å². The Bertz CT molecular complexity index is 1940. The Kier molecular flexibility index (Phi) is 8.85. The van der Waals surface area contributed by atoms with Gasteiger partial charge in [0.15, 0.2) is 5.82 Å². The van der Waals surface area contributed by atoms with Gasteiger partial charge >= 0.3 is 6.03 Å². The van der Waals surface area contributed by atoms with Crippen molar-refractivity contribution in [2.45, 2.75) is 68.3 Å². The summed E-state index contributed by atoms with van der Waals surface area (Å²) in [6, 6.07) is 12.5. The number of piperidine rings is 2. The van der Waals surface area contributed by atoms with Gasteiger partial charge in [-0.3, -0.25) is 24.6 Å². The number of likely N-dealkylation sites (tertiary alicyclic amines) is 1. The Labute approximate surface area is 275 Å². The third-order valence-corrected chi connectivity index (χ3v) is 11.6. The highest BCUT2D eigenvalue weighted by Crippen LogP contribution is 2.35. The number of rotatable bonds is 5. The van der Waals surface area contributed by atoms with Gasteiger partial charge in [-0.15, -0.1) is 0 Å². The van der Waals surface area contributed by atoms with Crippen LogP contribution in [0, 0.1) is 23.2 Å². The molecule has 3 amide bonds. The minimum absolute atomic E-state index is 0.0132. The molecule has 0 atom stereocenters. The minimum atomic E-state index is -3.71. The molecule has 13 heteroatoms. The summed E-state index contributed by atoms with van der Waals surface area (Å²) in [4.78, 5) is 28.1. The van der Waals surface area contributed by atoms with Crippen LogP contribution in [-0.4, -0.2) is 83.6 Å². The maximum Gasteiger partial charge on any atom is 0.329 e. The number of imide groups is 1. The number of nitrogens with two attached hydrogens (primary N) is 1. The van der Waals surface area contributed by atoms with Gasteiger partial charge in [-0.05, 0) is 81.3 Å². The lowest BCUT2D eigenvalue weighted by Gasteiger charge is -2.40. The highest BCUT2D eigenvalue weighted by atomic mass is 32.2. The Morgan fingerprint density at radius 3 is 2.38 bits per heavy atom. The van der Waals surface area contributed by atoms with Gasteiger partial charge in [0, 0.05) is 63.2 Å². The number of fused-ring (bicyclic) bond motifs is 1. The average molecular weight is 657 g/mol. The number of hydrogen-bond acceptors (Lipinski definition) is 8. The number of benzene rings is 2. The van der Waals surface area contributed by atoms with E-state index in [1.54, 1.807) is 4.68 Å². The van der Waals surface area contributed by atoms with Crippen LogP contribution < -0.4 is 16.0 Å². The number of sulfonamides is 1. The van der Waals surface area contributed by atoms with E-state index in [2.05, 4.69) is 59.2 Å². The quantitative estimate of drug-likeness (QED) is 0.397. The molecule has 6 rings (SSSR count). The zero-order chi connectivity index (χ0) is 33.5. The van der Waals surface area contributed by atoms with Gasteiger partial charge in [0.05, 0.1) is 21.5 Å². The van der Waals surface area contributed by atoms with Crippen LogP contribution in [-0.2, 0) is 21.9 Å². The van der Waals surface area contributed by atoms with Crippen LogP contribution in [0.1, 0.15) is 68.6 Å². The summed E-state index contributed by atoms with van der Waals surface area (Å²) in [7, 11) is -1.85. The van der Waals surface area contributed by atoms with Crippen molar-refractivity contribution in [1.82, 2.24) is 24.3 Å². The largest absolute Gasteiger partial charge is 0.329 e. The van der Waals surface area contributed by atoms with Crippen molar-refractivity contribution in [2.24, 2.45) is 12.8 Å². The molecule has 3 N–H and O–H groups in total. The molecule has 0 bridgehead atoms. The van der Waals surface area contributed by atoms with Crippen LogP contribution in [0.15, 0.2) is 41.3 Å². The molecule has 3 aliphatic heterocycles. The standard InChI is InChI=1S/C34H40N8O4S/c1-34(2,14-8-25-20-28(6-4-26(25)22-35)47(45,46)41-17-11-27(36)12-18-41)40-15-9-23(10-16-40)24-5-7-29-30(21-24)39(3)38-32(29)42-19-13-31(43)37-33(42)44/h4-7,20-21,23,27H,9-13,15-19,36H2,1-3H3,(H,37,43,44). The molecular weight excluding hydrogens is 616 g/mol. The molecule has 0 unspecified atom stereocenters. The van der Waals surface area contributed by atoms with E-state index >= 15 is 0 Å². The normalized spacial score (nSPS) is 19.3. The van der Waals surface area contributed by atoms with Crippen LogP contribution >= 0.6 is 0 Å². The number of aryl methyl sites for hydroxylation is 1. The van der Waals surface area contributed by atoms with E-state index in [9.17, 15) is 23.3 Å². The zero-order valence-corrected chi connectivity index (χ0v) is 27.8. The molecule has 47 heavy (non-hydrogen) atoms. The molecule has 1 aromatic heterocycles. The molecule has 12 nitrogen and oxygen atoms in total. The first-order valence-electron chi connectivity index (χ1n) is 16.0. The number of urea groups is 1. The van der Waals surface area contributed by atoms with Crippen molar-refractivity contribution in [3.05, 3.63) is 53.1 Å². The Morgan fingerprint density at radius 2 is 1.70 bits per heavy atom. The van der Waals surface area contributed by atoms with Crippen LogP contribution in [0.4, 0.5) is 10.6 Å². The molecular formula is C34H40N8O4S. The first kappa shape index (κ1) is 32.7. The number of carbonyl (C=O) groups excluding carboxylic acids is 2. The van der Waals surface area contributed by atoms with Gasteiger partial charge in [0.1, 0.15) is 6.07 Å². The Morgan fingerprint density at radius 1 is 0.979 bits per heavy atom. The Balaban J connectivity index is 1.15. The molecule has 0 aliphatic carbocycles. The summed E-state index contributed by atoms with van der Waals surface area (Å²) in [6.45, 7) is 6.80. The van der Waals surface area contributed by atoms with E-state index in [0.29, 0.717) is 55.3 Å². The SMILES string of the molecule is Cn1nc(N2CCC(=O)NC2=O)c2ccc(C3CCN(C(C)(C)C#Cc4cc(S(=O)(=O)N5CCC(N)CC5)ccc4C#N)CC3)cc21. The average Bonchev–Trinajstić information content (AvgIpc) is 3.39. The smallest absolute Gasteiger partial charge is 0.328 e. The number of nitrogens with one attached hydrogen (secondary N) is 1. The fourth-order valence-electron chi connectivity index (χ4n) is 6.70. The maximum absolute atomic E-state index is 13.3. The molecule has 4 heterocycles. The number of aromatic nitrogens is 2. The van der Waals surface area contributed by atoms with Crippen LogP contribution in [0.3, 0.4) is 0 Å². The second kappa shape index (κ2) is 12.7. The van der Waals surface area contributed by atoms with Gasteiger partial charge in [-0.2, -0.15) is 14.7 Å². The second-order valence-electron chi connectivity index (χ2n) is 13.1. The molecule has 2 aromatic carbocycles. The molecule has 246 valence electrons. The molecule has 3 saturated heterocycles. The third kappa shape index (κ3) is 6.49. The van der Waals surface area contributed by atoms with Gasteiger partial charge < -0.3 is 5.73 Å². The predicted octanol–water partition coefficient (Wildman–Crippen LogP) is 3.01. The maximum atomic E-state index is 13.3. The first-order chi connectivity index (χ1) is 22.4. The molecule has 0 spiro atoms. The van der Waals surface area contributed by atoms with E-state index in [0.717, 1.165) is 36.8 Å². The Hall–Kier alpha value is -4.27. The van der Waals surface area contributed by atoms with Crippen molar-refractivity contribution >= 4 is 38.7 Å². The highest BCUT2D eigenvalue weighted by molar-refractivity contribution is 7.89. The molecule has 3 aliphatic rings. The monoisotopic (exact) mass is 656 g/mol. The van der Waals surface area contributed by atoms with Crippen molar-refractivity contribution in [1.29, 1.82) is 5.26 Å². The van der Waals surface area contributed by atoms with E-state index in [-0.39, 0.29) is 23.3 Å². The fraction of sp³-hybridized carbons (Fsp3) is 0.471. The number of nitriles is 1. The number of hydrogen-bond donors (Lipinski definition) is 2. The van der Waals surface area contributed by atoms with Crippen molar-refractivity contribution in [3.8, 4) is 17.9 Å². The lowest BCUT2D eigenvalue weighted by Crippen LogP contribution is -2.49. The minimum Gasteiger partial charge on any atom is -0.328 e. The van der Waals surface area contributed by atoms with Gasteiger partial charge in [-0.25, -0.2) is 13.2 Å². The zero-order valence-electron chi connectivity index (χ0n) is 27.0. The summed E-state index contributed by atoms with van der Waals surface area (Å²) in [5.74, 6) is 7.10. The van der Waals surface area contributed by atoms with Gasteiger partial charge in [0.2, 0.25) is 15.9 Å². The molecule has 3 aromatic rings. The topological polar surface area (TPSA) is 158 Å². The number of nitrogens with zero attached hydrogens (tertiary/aromatic N) is 6. The van der Waals surface area contributed by atoms with Crippen LogP contribution in [0.2, 0.25) is 0 Å². The third-order valence-electron chi connectivity index (χ3n) is 9.67. The first-order valence-corrected chi connectivity index (χ1v) is 17.5. The summed E-state index contributed by atoms with van der Waals surface area (Å²) >= 11 is 0. The second-order valence-corrected chi connectivity index (χ2v) is 15.0. The summed E-state index contributed by atoms with van der Waals surface area (Å²) in [6.07, 6.45) is 3.33. The van der Waals surface area contributed by atoms with Crippen molar-refractivity contribution in [2.75, 3.05) is 37.6 Å². The molecule has 3 fully saturated rings. The number of carbonyl (C=O) groups is 2. The van der Waals surface area contributed by atoms with E-state index < -0.39 is 21.6 Å². The fourth-order valence-corrected chi connectivity index (χ4v) is 8.19. The van der Waals surface area contributed by atoms with E-state index in [4.69, 9.17) is 5.73 Å². The van der Waals surface area contributed by atoms with Gasteiger partial charge in [-0.1, -0.05) is 17.9 Å². The predicted molar refractivity (Wildman–Crippen MR) is 178 cm³/mol. The van der Waals surface area contributed by atoms with Crippen LogP contribution in [0.5, 0.6) is 0 Å². The van der Waals surface area contributed by atoms with Crippen molar-refractivity contribution in [3.63, 3.8) is 0 Å². The van der Waals surface area contributed by atoms with Crippen LogP contribution in [0.25, 0.3) is 10.9 Å². The highest BCUT2D eigenvalue weighted by Gasteiger charge is 2.32.